The Labute approximate surface area is 202 Å². The molecule has 0 bridgehead atoms. The zero-order valence-corrected chi connectivity index (χ0v) is 19.6. The van der Waals surface area contributed by atoms with Gasteiger partial charge in [0.05, 0.1) is 5.39 Å². The lowest BCUT2D eigenvalue weighted by Gasteiger charge is -2.11. The molecule has 0 atom stereocenters. The standard InChI is InChI=1S/C18H12N2O2.C9H7NO.Al.H/c21-15-9-1-6-14-8-4-12-20(18(14)15)22-16-10-2-5-13-7-3-11-19-17(13)16;11-8-5-1-3-7-4-2-6-10-9(7)8;;/h1-12H;1-6,11H;;/q;;+2;/p-1. The van der Waals surface area contributed by atoms with Crippen molar-refractivity contribution in [3.8, 4) is 17.2 Å². The number of benzene rings is 3. The Bertz CT molecular complexity index is 1630. The van der Waals surface area contributed by atoms with E-state index in [1.54, 1.807) is 17.1 Å². The van der Waals surface area contributed by atoms with Crippen molar-refractivity contribution in [1.82, 2.24) is 9.97 Å². The second kappa shape index (κ2) is 8.99. The Kier molecular flexibility index (Phi) is 5.40. The van der Waals surface area contributed by atoms with E-state index in [1.807, 2.05) is 97.2 Å². The monoisotopic (exact) mass is 460 g/mol. The summed E-state index contributed by atoms with van der Waals surface area (Å²) in [5.41, 5.74) is 2.46. The van der Waals surface area contributed by atoms with Gasteiger partial charge in [0, 0.05) is 34.0 Å². The third-order valence-electron chi connectivity index (χ3n) is 5.56. The Hall–Kier alpha value is -4.18. The highest BCUT2D eigenvalue weighted by Crippen LogP contribution is 2.26. The molecule has 3 aromatic heterocycles. The summed E-state index contributed by atoms with van der Waals surface area (Å²) in [6.45, 7) is 0. The van der Waals surface area contributed by atoms with Crippen molar-refractivity contribution >= 4 is 48.6 Å². The zero-order valence-electron chi connectivity index (χ0n) is 18.2. The van der Waals surface area contributed by atoms with Crippen LogP contribution in [0.2, 0.25) is 0 Å². The Morgan fingerprint density at radius 2 is 1.12 bits per heavy atom. The Morgan fingerprint density at radius 3 is 1.88 bits per heavy atom. The number of hydrogen-bond donors (Lipinski definition) is 0. The van der Waals surface area contributed by atoms with Gasteiger partial charge >= 0.3 is 21.4 Å². The molecule has 0 unspecified atom stereocenters. The van der Waals surface area contributed by atoms with Crippen LogP contribution < -0.4 is 17.1 Å². The number of rotatable bonds is 6. The quantitative estimate of drug-likeness (QED) is 0.264. The molecule has 3 heterocycles. The van der Waals surface area contributed by atoms with Crippen LogP contribution in [0.1, 0.15) is 0 Å². The third kappa shape index (κ3) is 3.88. The summed E-state index contributed by atoms with van der Waals surface area (Å²) in [5.74, 6) is 2.10. The fourth-order valence-electron chi connectivity index (χ4n) is 4.01. The molecule has 0 spiro atoms. The number of hydrogen-bond acceptors (Lipinski definition) is 5. The minimum atomic E-state index is -1.40. The molecule has 34 heavy (non-hydrogen) atoms. The third-order valence-corrected chi connectivity index (χ3v) is 6.42. The van der Waals surface area contributed by atoms with Gasteiger partial charge in [0.1, 0.15) is 16.8 Å². The number of para-hydroxylation sites is 3. The van der Waals surface area contributed by atoms with E-state index in [0.717, 1.165) is 38.5 Å². The second-order valence-corrected chi connectivity index (χ2v) is 8.50. The summed E-state index contributed by atoms with van der Waals surface area (Å²) in [6, 6.07) is 29.6. The van der Waals surface area contributed by atoms with Gasteiger partial charge in [-0.3, -0.25) is 9.97 Å². The van der Waals surface area contributed by atoms with Crippen LogP contribution in [0.25, 0.3) is 32.7 Å². The maximum absolute atomic E-state index is 6.31. The van der Waals surface area contributed by atoms with Crippen LogP contribution in [0.3, 0.4) is 0 Å². The molecule has 0 aliphatic heterocycles. The lowest BCUT2D eigenvalue weighted by molar-refractivity contribution is -0.854. The molecule has 0 fully saturated rings. The number of aromatic nitrogens is 3. The SMILES string of the molecule is c1cnc2c([O][AlH][O]c3cccc4ccc[n+](Oc5cccc6cccnc56)c34)cccc2c1. The van der Waals surface area contributed by atoms with E-state index in [-0.39, 0.29) is 0 Å². The number of fused-ring (bicyclic) bond motifs is 3. The summed E-state index contributed by atoms with van der Waals surface area (Å²) in [5, 5.41) is 3.05. The van der Waals surface area contributed by atoms with Crippen molar-refractivity contribution < 1.29 is 17.1 Å². The normalized spacial score (nSPS) is 10.9. The van der Waals surface area contributed by atoms with E-state index in [0.29, 0.717) is 11.5 Å². The molecular formula is C27H19AlN3O3+. The minimum Gasteiger partial charge on any atom is -0.613 e. The predicted octanol–water partition coefficient (Wildman–Crippen LogP) is 4.79. The fraction of sp³-hybridized carbons (Fsp3) is 0. The van der Waals surface area contributed by atoms with E-state index in [4.69, 9.17) is 12.4 Å². The van der Waals surface area contributed by atoms with E-state index in [1.165, 1.54) is 0 Å². The molecule has 162 valence electrons. The molecule has 6 nitrogen and oxygen atoms in total. The molecule has 0 aliphatic rings. The van der Waals surface area contributed by atoms with Gasteiger partial charge in [0.25, 0.3) is 0 Å². The first-order valence-electron chi connectivity index (χ1n) is 10.9. The van der Waals surface area contributed by atoms with Crippen LogP contribution in [0.5, 0.6) is 17.2 Å². The molecule has 7 heteroatoms. The first kappa shape index (κ1) is 20.4. The van der Waals surface area contributed by atoms with Crippen LogP contribution in [-0.4, -0.2) is 25.9 Å². The highest BCUT2D eigenvalue weighted by Gasteiger charge is 2.20. The van der Waals surface area contributed by atoms with Crippen molar-refractivity contribution in [3.63, 3.8) is 0 Å². The zero-order chi connectivity index (χ0) is 22.7. The maximum atomic E-state index is 6.31. The average Bonchev–Trinajstić information content (AvgIpc) is 2.89. The number of nitrogens with zero attached hydrogens (tertiary/aromatic N) is 3. The van der Waals surface area contributed by atoms with Gasteiger partial charge in [-0.1, -0.05) is 42.5 Å². The molecule has 0 N–H and O–H groups in total. The van der Waals surface area contributed by atoms with Crippen LogP contribution in [0.15, 0.2) is 110 Å². The molecule has 0 amide bonds. The molecule has 6 aromatic rings. The number of pyridine rings is 3. The van der Waals surface area contributed by atoms with Crippen LogP contribution in [-0.2, 0) is 0 Å². The topological polar surface area (TPSA) is 57.4 Å². The summed E-state index contributed by atoms with van der Waals surface area (Å²) in [7, 11) is 0. The smallest absolute Gasteiger partial charge is 0.613 e. The van der Waals surface area contributed by atoms with E-state index in [9.17, 15) is 0 Å². The maximum Gasteiger partial charge on any atom is 0.832 e. The van der Waals surface area contributed by atoms with Crippen molar-refractivity contribution in [1.29, 1.82) is 0 Å². The largest absolute Gasteiger partial charge is 0.832 e. The molecule has 0 radical (unpaired) electrons. The van der Waals surface area contributed by atoms with Crippen LogP contribution in [0, 0.1) is 0 Å². The van der Waals surface area contributed by atoms with E-state index >= 15 is 0 Å². The summed E-state index contributed by atoms with van der Waals surface area (Å²) in [6.07, 6.45) is 5.40. The molecule has 0 saturated carbocycles. The molecule has 0 saturated heterocycles. The first-order valence-corrected chi connectivity index (χ1v) is 12.1. The lowest BCUT2D eigenvalue weighted by atomic mass is 10.2. The van der Waals surface area contributed by atoms with Crippen LogP contribution in [0.4, 0.5) is 0 Å². The second-order valence-electron chi connectivity index (χ2n) is 7.69. The van der Waals surface area contributed by atoms with Gasteiger partial charge in [-0.15, -0.1) is 0 Å². The van der Waals surface area contributed by atoms with Gasteiger partial charge < -0.3 is 7.58 Å². The lowest BCUT2D eigenvalue weighted by Crippen LogP contribution is -2.40. The average molecular weight is 460 g/mol. The van der Waals surface area contributed by atoms with E-state index < -0.39 is 15.9 Å². The Balaban J connectivity index is 1.31. The summed E-state index contributed by atoms with van der Waals surface area (Å²) >= 11 is -1.40. The fourth-order valence-corrected chi connectivity index (χ4v) is 4.79. The highest BCUT2D eigenvalue weighted by molar-refractivity contribution is 6.21. The van der Waals surface area contributed by atoms with Gasteiger partial charge in [0.15, 0.2) is 5.75 Å². The van der Waals surface area contributed by atoms with Crippen molar-refractivity contribution in [2.24, 2.45) is 0 Å². The Morgan fingerprint density at radius 1 is 0.559 bits per heavy atom. The summed E-state index contributed by atoms with van der Waals surface area (Å²) < 4.78 is 14.0. The van der Waals surface area contributed by atoms with Gasteiger partial charge in [-0.05, 0) is 42.5 Å². The predicted molar refractivity (Wildman–Crippen MR) is 132 cm³/mol. The van der Waals surface area contributed by atoms with Gasteiger partial charge in [-0.25, -0.2) is 4.84 Å². The molecular weight excluding hydrogens is 441 g/mol. The molecule has 3 aromatic carbocycles. The van der Waals surface area contributed by atoms with Crippen molar-refractivity contribution in [2.75, 3.05) is 0 Å². The van der Waals surface area contributed by atoms with Gasteiger partial charge in [-0.2, -0.15) is 0 Å². The van der Waals surface area contributed by atoms with Crippen molar-refractivity contribution in [3.05, 3.63) is 110 Å². The minimum absolute atomic E-state index is 0.667. The van der Waals surface area contributed by atoms with Crippen LogP contribution >= 0.6 is 0 Å². The molecule has 0 aliphatic carbocycles. The van der Waals surface area contributed by atoms with Crippen molar-refractivity contribution in [2.45, 2.75) is 0 Å². The first-order chi connectivity index (χ1) is 16.9. The highest BCUT2D eigenvalue weighted by atomic mass is 27.2. The van der Waals surface area contributed by atoms with Gasteiger partial charge in [0.2, 0.25) is 11.9 Å². The van der Waals surface area contributed by atoms with E-state index in [2.05, 4.69) is 9.97 Å². The summed E-state index contributed by atoms with van der Waals surface area (Å²) in [4.78, 5) is 15.3. The molecule has 6 rings (SSSR count).